The van der Waals surface area contributed by atoms with E-state index in [2.05, 4.69) is 13.8 Å². The van der Waals surface area contributed by atoms with Crippen LogP contribution in [0.2, 0.25) is 0 Å². The van der Waals surface area contributed by atoms with E-state index >= 15 is 0 Å². The van der Waals surface area contributed by atoms with Gasteiger partial charge in [-0.25, -0.2) is 4.99 Å². The van der Waals surface area contributed by atoms with Crippen LogP contribution in [0.4, 0.5) is 0 Å². The first kappa shape index (κ1) is 19.2. The summed E-state index contributed by atoms with van der Waals surface area (Å²) < 4.78 is 6.00. The van der Waals surface area contributed by atoms with E-state index in [0.29, 0.717) is 18.7 Å². The number of ketones is 2. The van der Waals surface area contributed by atoms with E-state index in [-0.39, 0.29) is 40.8 Å². The summed E-state index contributed by atoms with van der Waals surface area (Å²) in [6.45, 7) is 5.38. The normalized spacial score (nSPS) is 50.0. The Morgan fingerprint density at radius 1 is 1.38 bits per heavy atom. The van der Waals surface area contributed by atoms with Crippen LogP contribution in [0.25, 0.3) is 0 Å². The lowest BCUT2D eigenvalue weighted by Gasteiger charge is -2.59. The summed E-state index contributed by atoms with van der Waals surface area (Å²) in [5.74, 6) is 0.570. The smallest absolute Gasteiger partial charge is 0.190 e. The molecule has 0 unspecified atom stereocenters. The maximum Gasteiger partial charge on any atom is 0.190 e. The fourth-order valence-electron chi connectivity index (χ4n) is 7.81. The molecule has 5 aliphatic rings. The Labute approximate surface area is 170 Å². The lowest BCUT2D eigenvalue weighted by Crippen LogP contribution is -2.62. The topological polar surface area (TPSA) is 96.2 Å². The molecular formula is C23H29NO5. The minimum absolute atomic E-state index is 0.00453. The summed E-state index contributed by atoms with van der Waals surface area (Å²) in [4.78, 5) is 29.7. The summed E-state index contributed by atoms with van der Waals surface area (Å²) in [7, 11) is 0. The number of carbonyl (C=O) groups excluding carboxylic acids is 2. The molecule has 29 heavy (non-hydrogen) atoms. The van der Waals surface area contributed by atoms with Crippen molar-refractivity contribution < 1.29 is 24.5 Å². The predicted octanol–water partition coefficient (Wildman–Crippen LogP) is 1.99. The predicted molar refractivity (Wildman–Crippen MR) is 106 cm³/mol. The van der Waals surface area contributed by atoms with Crippen molar-refractivity contribution in [1.29, 1.82) is 0 Å². The van der Waals surface area contributed by atoms with Crippen molar-refractivity contribution in [2.45, 2.75) is 64.2 Å². The zero-order valence-electron chi connectivity index (χ0n) is 17.2. The molecule has 3 saturated carbocycles. The number of allylic oxidation sites excluding steroid dienone is 4. The average Bonchev–Trinajstić information content (AvgIpc) is 3.12. The number of aliphatic imine (C=N–C) groups is 1. The van der Waals surface area contributed by atoms with Crippen LogP contribution in [0.1, 0.15) is 46.5 Å². The lowest BCUT2D eigenvalue weighted by atomic mass is 9.46. The number of aliphatic hydroxyl groups is 2. The molecule has 5 rings (SSSR count). The Kier molecular flexibility index (Phi) is 3.89. The molecule has 3 fully saturated rings. The third-order valence-corrected chi connectivity index (χ3v) is 8.91. The summed E-state index contributed by atoms with van der Waals surface area (Å²) in [5, 5.41) is 21.2. The van der Waals surface area contributed by atoms with Crippen molar-refractivity contribution in [3.05, 3.63) is 23.8 Å². The summed E-state index contributed by atoms with van der Waals surface area (Å²) in [6.07, 6.45) is 7.20. The van der Waals surface area contributed by atoms with Gasteiger partial charge in [0, 0.05) is 23.7 Å². The number of carbonyl (C=O) groups is 2. The monoisotopic (exact) mass is 399 g/mol. The molecule has 0 aromatic rings. The maximum absolute atomic E-state index is 13.0. The molecule has 0 aromatic carbocycles. The van der Waals surface area contributed by atoms with Crippen LogP contribution in [0, 0.1) is 28.6 Å². The molecule has 0 radical (unpaired) electrons. The average molecular weight is 399 g/mol. The molecule has 6 nitrogen and oxygen atoms in total. The first-order valence-corrected chi connectivity index (χ1v) is 10.7. The first-order chi connectivity index (χ1) is 13.7. The van der Waals surface area contributed by atoms with Gasteiger partial charge in [0.1, 0.15) is 12.7 Å². The van der Waals surface area contributed by atoms with Crippen molar-refractivity contribution in [1.82, 2.24) is 0 Å². The zero-order valence-corrected chi connectivity index (χ0v) is 17.2. The van der Waals surface area contributed by atoms with E-state index in [9.17, 15) is 19.8 Å². The maximum atomic E-state index is 13.0. The number of hydrogen-bond acceptors (Lipinski definition) is 6. The molecule has 4 aliphatic carbocycles. The first-order valence-electron chi connectivity index (χ1n) is 10.7. The highest BCUT2D eigenvalue weighted by Gasteiger charge is 2.74. The number of rotatable bonds is 2. The van der Waals surface area contributed by atoms with Crippen LogP contribution in [-0.2, 0) is 14.3 Å². The molecule has 0 bridgehead atoms. The van der Waals surface area contributed by atoms with Crippen molar-refractivity contribution in [3.63, 3.8) is 0 Å². The van der Waals surface area contributed by atoms with Crippen molar-refractivity contribution in [2.75, 3.05) is 6.61 Å². The van der Waals surface area contributed by atoms with Gasteiger partial charge in [0.15, 0.2) is 23.0 Å². The van der Waals surface area contributed by atoms with Crippen molar-refractivity contribution >= 4 is 17.5 Å². The van der Waals surface area contributed by atoms with Crippen LogP contribution < -0.4 is 0 Å². The largest absolute Gasteiger partial charge is 0.475 e. The highest BCUT2D eigenvalue weighted by molar-refractivity contribution is 6.01. The summed E-state index contributed by atoms with van der Waals surface area (Å²) in [6, 6.07) is 0. The molecule has 1 heterocycles. The van der Waals surface area contributed by atoms with Crippen LogP contribution >= 0.6 is 0 Å². The number of Topliss-reactive ketones (excluding diaryl/α,β-unsaturated/α-hetero) is 1. The van der Waals surface area contributed by atoms with E-state index in [4.69, 9.17) is 9.73 Å². The molecule has 0 saturated heterocycles. The lowest BCUT2D eigenvalue weighted by molar-refractivity contribution is -0.146. The quantitative estimate of drug-likeness (QED) is 0.740. The summed E-state index contributed by atoms with van der Waals surface area (Å²) in [5.41, 5.74) is -0.915. The van der Waals surface area contributed by atoms with E-state index in [0.717, 1.165) is 18.4 Å². The van der Waals surface area contributed by atoms with Gasteiger partial charge in [-0.15, -0.1) is 0 Å². The Bertz CT molecular complexity index is 890. The van der Waals surface area contributed by atoms with E-state index in [1.165, 1.54) is 0 Å². The number of ether oxygens (including phenoxy) is 1. The van der Waals surface area contributed by atoms with Gasteiger partial charge in [-0.2, -0.15) is 0 Å². The Hall–Kier alpha value is -1.79. The molecule has 8 atom stereocenters. The highest BCUT2D eigenvalue weighted by atomic mass is 16.5. The van der Waals surface area contributed by atoms with Gasteiger partial charge in [-0.1, -0.05) is 25.5 Å². The third-order valence-electron chi connectivity index (χ3n) is 8.91. The van der Waals surface area contributed by atoms with Gasteiger partial charge in [0.05, 0.1) is 6.10 Å². The van der Waals surface area contributed by atoms with Gasteiger partial charge in [0.25, 0.3) is 0 Å². The van der Waals surface area contributed by atoms with Crippen LogP contribution in [0.3, 0.4) is 0 Å². The molecule has 156 valence electrons. The molecule has 0 spiro atoms. The minimum atomic E-state index is -1.11. The standard InChI is InChI=1S/C23H29NO5/c1-12-24-23(18(28)11-25)19(29-12)9-16-15-5-4-13-8-14(26)6-7-21(13,2)20(15)17(27)10-22(16,23)3/h6-8,15-17,19-20,25,27H,4-5,9-11H2,1-3H3/t15-,16-,17-,19-,20+,21-,22-,23+/m0/s1. The Balaban J connectivity index is 1.61. The van der Waals surface area contributed by atoms with Gasteiger partial charge in [-0.3, -0.25) is 9.59 Å². The van der Waals surface area contributed by atoms with Crippen LogP contribution in [0.15, 0.2) is 28.8 Å². The van der Waals surface area contributed by atoms with E-state index in [1.807, 2.05) is 6.08 Å². The molecule has 2 N–H and O–H groups in total. The second-order valence-corrected chi connectivity index (χ2v) is 10.0. The van der Waals surface area contributed by atoms with E-state index in [1.54, 1.807) is 19.1 Å². The number of aliphatic hydroxyl groups excluding tert-OH is 2. The van der Waals surface area contributed by atoms with Crippen molar-refractivity contribution in [2.24, 2.45) is 33.6 Å². The second-order valence-electron chi connectivity index (χ2n) is 10.0. The number of fused-ring (bicyclic) bond motifs is 7. The van der Waals surface area contributed by atoms with Crippen molar-refractivity contribution in [3.8, 4) is 0 Å². The fraction of sp³-hybridized carbons (Fsp3) is 0.696. The van der Waals surface area contributed by atoms with E-state index < -0.39 is 23.7 Å². The number of hydrogen-bond donors (Lipinski definition) is 2. The SMILES string of the molecule is CC1=N[C@]2(C(=O)CO)[C@H](C[C@H]3[C@@H]4CCC5=CC(=O)C=C[C@]5(C)[C@H]4[C@@H](O)C[C@@]32C)O1. The zero-order chi connectivity index (χ0) is 20.8. The summed E-state index contributed by atoms with van der Waals surface area (Å²) >= 11 is 0. The Morgan fingerprint density at radius 2 is 2.14 bits per heavy atom. The minimum Gasteiger partial charge on any atom is -0.475 e. The second kappa shape index (κ2) is 5.88. The van der Waals surface area contributed by atoms with Crippen LogP contribution in [0.5, 0.6) is 0 Å². The van der Waals surface area contributed by atoms with Gasteiger partial charge < -0.3 is 14.9 Å². The molecule has 0 aromatic heterocycles. The third kappa shape index (κ3) is 2.17. The van der Waals surface area contributed by atoms with Gasteiger partial charge in [-0.05, 0) is 49.7 Å². The Morgan fingerprint density at radius 3 is 2.86 bits per heavy atom. The molecule has 6 heteroatoms. The fourth-order valence-corrected chi connectivity index (χ4v) is 7.81. The van der Waals surface area contributed by atoms with Gasteiger partial charge >= 0.3 is 0 Å². The molecule has 1 aliphatic heterocycles. The highest BCUT2D eigenvalue weighted by Crippen LogP contribution is 2.69. The molecule has 0 amide bonds. The number of nitrogens with zero attached hydrogens (tertiary/aromatic N) is 1. The van der Waals surface area contributed by atoms with Gasteiger partial charge in [0.2, 0.25) is 0 Å². The molecular weight excluding hydrogens is 370 g/mol. The van der Waals surface area contributed by atoms with Crippen LogP contribution in [-0.4, -0.2) is 52.0 Å².